The summed E-state index contributed by atoms with van der Waals surface area (Å²) in [5, 5.41) is 3.71. The van der Waals surface area contributed by atoms with Gasteiger partial charge < -0.3 is 5.32 Å². The number of amides is 1. The smallest absolute Gasteiger partial charge is 0.252 e. The van der Waals surface area contributed by atoms with Crippen LogP contribution < -0.4 is 5.32 Å². The number of halogens is 1. The zero-order valence-electron chi connectivity index (χ0n) is 12.0. The van der Waals surface area contributed by atoms with Crippen molar-refractivity contribution in [3.05, 3.63) is 41.6 Å². The SMILES string of the molecule is Cc1cc(C(=O)NCC(Cl)C(C)C)c2ccccc2n1. The van der Waals surface area contributed by atoms with Crippen LogP contribution >= 0.6 is 11.6 Å². The Morgan fingerprint density at radius 3 is 2.75 bits per heavy atom. The normalized spacial score (nSPS) is 12.7. The van der Waals surface area contributed by atoms with Gasteiger partial charge in [0.2, 0.25) is 0 Å². The van der Waals surface area contributed by atoms with Crippen LogP contribution in [-0.4, -0.2) is 22.8 Å². The molecule has 106 valence electrons. The van der Waals surface area contributed by atoms with Gasteiger partial charge in [-0.15, -0.1) is 11.6 Å². The van der Waals surface area contributed by atoms with Crippen LogP contribution in [0.25, 0.3) is 10.9 Å². The molecular formula is C16H19ClN2O. The summed E-state index contributed by atoms with van der Waals surface area (Å²) in [6, 6.07) is 9.48. The first-order valence-corrected chi connectivity index (χ1v) is 7.21. The van der Waals surface area contributed by atoms with E-state index in [9.17, 15) is 4.79 Å². The van der Waals surface area contributed by atoms with Crippen LogP contribution in [0, 0.1) is 12.8 Å². The summed E-state index contributed by atoms with van der Waals surface area (Å²) in [5.41, 5.74) is 2.32. The Kier molecular flexibility index (Phi) is 4.61. The average Bonchev–Trinajstić information content (AvgIpc) is 2.43. The molecule has 2 aromatic rings. The summed E-state index contributed by atoms with van der Waals surface area (Å²) in [6.07, 6.45) is 0. The molecular weight excluding hydrogens is 272 g/mol. The van der Waals surface area contributed by atoms with Gasteiger partial charge in [0.25, 0.3) is 5.91 Å². The van der Waals surface area contributed by atoms with Crippen LogP contribution in [0.4, 0.5) is 0 Å². The summed E-state index contributed by atoms with van der Waals surface area (Å²) in [4.78, 5) is 16.8. The molecule has 1 N–H and O–H groups in total. The second kappa shape index (κ2) is 6.23. The van der Waals surface area contributed by atoms with Crippen LogP contribution in [0.3, 0.4) is 0 Å². The molecule has 1 amide bonds. The highest BCUT2D eigenvalue weighted by Gasteiger charge is 2.14. The van der Waals surface area contributed by atoms with Crippen LogP contribution in [-0.2, 0) is 0 Å². The van der Waals surface area contributed by atoms with Gasteiger partial charge in [-0.05, 0) is 25.0 Å². The summed E-state index contributed by atoms with van der Waals surface area (Å²) in [6.45, 7) is 6.43. The monoisotopic (exact) mass is 290 g/mol. The molecule has 0 aliphatic heterocycles. The van der Waals surface area contributed by atoms with Crippen molar-refractivity contribution in [1.29, 1.82) is 0 Å². The molecule has 0 aliphatic rings. The van der Waals surface area contributed by atoms with Crippen LogP contribution in [0.1, 0.15) is 29.9 Å². The van der Waals surface area contributed by atoms with Gasteiger partial charge in [0.15, 0.2) is 0 Å². The molecule has 1 aromatic carbocycles. The lowest BCUT2D eigenvalue weighted by atomic mass is 10.1. The number of carbonyl (C=O) groups excluding carboxylic acids is 1. The average molecular weight is 291 g/mol. The van der Waals surface area contributed by atoms with Crippen molar-refractivity contribution in [3.8, 4) is 0 Å². The number of nitrogens with one attached hydrogen (secondary N) is 1. The second-order valence-corrected chi connectivity index (χ2v) is 5.86. The first kappa shape index (κ1) is 14.8. The lowest BCUT2D eigenvalue weighted by Crippen LogP contribution is -2.32. The first-order chi connectivity index (χ1) is 9.49. The molecule has 0 aliphatic carbocycles. The number of nitrogens with zero attached hydrogens (tertiary/aromatic N) is 1. The topological polar surface area (TPSA) is 42.0 Å². The molecule has 1 unspecified atom stereocenters. The fourth-order valence-electron chi connectivity index (χ4n) is 2.02. The Morgan fingerprint density at radius 2 is 2.05 bits per heavy atom. The standard InChI is InChI=1S/C16H19ClN2O/c1-10(2)14(17)9-18-16(20)13-8-11(3)19-15-7-5-4-6-12(13)15/h4-8,10,14H,9H2,1-3H3,(H,18,20). The van der Waals surface area contributed by atoms with E-state index in [1.807, 2.05) is 51.1 Å². The van der Waals surface area contributed by atoms with Crippen LogP contribution in [0.15, 0.2) is 30.3 Å². The molecule has 0 bridgehead atoms. The van der Waals surface area contributed by atoms with Crippen LogP contribution in [0.5, 0.6) is 0 Å². The summed E-state index contributed by atoms with van der Waals surface area (Å²) in [5.74, 6) is 0.228. The third-order valence-electron chi connectivity index (χ3n) is 3.27. The number of aromatic nitrogens is 1. The van der Waals surface area contributed by atoms with E-state index in [-0.39, 0.29) is 11.3 Å². The minimum absolute atomic E-state index is 0.0619. The predicted octanol–water partition coefficient (Wildman–Crippen LogP) is 3.54. The van der Waals surface area contributed by atoms with Gasteiger partial charge in [0, 0.05) is 17.6 Å². The quantitative estimate of drug-likeness (QED) is 0.875. The number of hydrogen-bond donors (Lipinski definition) is 1. The van der Waals surface area contributed by atoms with Gasteiger partial charge >= 0.3 is 0 Å². The number of aryl methyl sites for hydroxylation is 1. The summed E-state index contributed by atoms with van der Waals surface area (Å²) >= 11 is 6.17. The molecule has 1 atom stereocenters. The molecule has 0 saturated carbocycles. The lowest BCUT2D eigenvalue weighted by molar-refractivity contribution is 0.0954. The number of pyridine rings is 1. The molecule has 0 fully saturated rings. The Morgan fingerprint density at radius 1 is 1.35 bits per heavy atom. The van der Waals surface area contributed by atoms with Gasteiger partial charge in [0.1, 0.15) is 0 Å². The fourth-order valence-corrected chi connectivity index (χ4v) is 2.09. The Bertz CT molecular complexity index is 625. The van der Waals surface area contributed by atoms with E-state index in [4.69, 9.17) is 11.6 Å². The number of para-hydroxylation sites is 1. The van der Waals surface area contributed by atoms with Crippen molar-refractivity contribution >= 4 is 28.4 Å². The number of alkyl halides is 1. The highest BCUT2D eigenvalue weighted by atomic mass is 35.5. The maximum absolute atomic E-state index is 12.3. The molecule has 0 saturated heterocycles. The molecule has 1 aromatic heterocycles. The highest BCUT2D eigenvalue weighted by Crippen LogP contribution is 2.18. The number of hydrogen-bond acceptors (Lipinski definition) is 2. The number of carbonyl (C=O) groups is 1. The summed E-state index contributed by atoms with van der Waals surface area (Å²) in [7, 11) is 0. The van der Waals surface area contributed by atoms with E-state index in [2.05, 4.69) is 10.3 Å². The van der Waals surface area contributed by atoms with Crippen molar-refractivity contribution in [3.63, 3.8) is 0 Å². The van der Waals surface area contributed by atoms with Crippen molar-refractivity contribution in [1.82, 2.24) is 10.3 Å². The lowest BCUT2D eigenvalue weighted by Gasteiger charge is -2.15. The molecule has 0 spiro atoms. The zero-order valence-corrected chi connectivity index (χ0v) is 12.7. The fraction of sp³-hybridized carbons (Fsp3) is 0.375. The summed E-state index contributed by atoms with van der Waals surface area (Å²) < 4.78 is 0. The van der Waals surface area contributed by atoms with Crippen molar-refractivity contribution < 1.29 is 4.79 Å². The maximum atomic E-state index is 12.3. The van der Waals surface area contributed by atoms with E-state index < -0.39 is 0 Å². The third kappa shape index (κ3) is 3.28. The van der Waals surface area contributed by atoms with E-state index in [0.29, 0.717) is 18.0 Å². The van der Waals surface area contributed by atoms with Crippen molar-refractivity contribution in [2.24, 2.45) is 5.92 Å². The maximum Gasteiger partial charge on any atom is 0.252 e. The van der Waals surface area contributed by atoms with Crippen LogP contribution in [0.2, 0.25) is 0 Å². The molecule has 1 heterocycles. The number of rotatable bonds is 4. The molecule has 0 radical (unpaired) electrons. The number of fused-ring (bicyclic) bond motifs is 1. The van der Waals surface area contributed by atoms with E-state index in [1.54, 1.807) is 0 Å². The largest absolute Gasteiger partial charge is 0.351 e. The Hall–Kier alpha value is -1.61. The van der Waals surface area contributed by atoms with Gasteiger partial charge in [-0.3, -0.25) is 9.78 Å². The first-order valence-electron chi connectivity index (χ1n) is 6.77. The predicted molar refractivity (Wildman–Crippen MR) is 83.3 cm³/mol. The van der Waals surface area contributed by atoms with Gasteiger partial charge in [0.05, 0.1) is 16.5 Å². The molecule has 2 rings (SSSR count). The highest BCUT2D eigenvalue weighted by molar-refractivity contribution is 6.21. The zero-order chi connectivity index (χ0) is 14.7. The Balaban J connectivity index is 2.26. The van der Waals surface area contributed by atoms with E-state index in [0.717, 1.165) is 16.6 Å². The van der Waals surface area contributed by atoms with Gasteiger partial charge in [-0.25, -0.2) is 0 Å². The minimum Gasteiger partial charge on any atom is -0.351 e. The van der Waals surface area contributed by atoms with Crippen molar-refractivity contribution in [2.75, 3.05) is 6.54 Å². The molecule has 20 heavy (non-hydrogen) atoms. The third-order valence-corrected chi connectivity index (χ3v) is 3.93. The van der Waals surface area contributed by atoms with E-state index >= 15 is 0 Å². The van der Waals surface area contributed by atoms with E-state index in [1.165, 1.54) is 0 Å². The second-order valence-electron chi connectivity index (χ2n) is 5.30. The van der Waals surface area contributed by atoms with Gasteiger partial charge in [-0.2, -0.15) is 0 Å². The van der Waals surface area contributed by atoms with Crippen molar-refractivity contribution in [2.45, 2.75) is 26.1 Å². The molecule has 3 nitrogen and oxygen atoms in total. The number of benzene rings is 1. The minimum atomic E-state index is -0.0991. The van der Waals surface area contributed by atoms with Gasteiger partial charge in [-0.1, -0.05) is 32.0 Å². The molecule has 4 heteroatoms. The Labute approximate surface area is 124 Å².